The third kappa shape index (κ3) is 4.51. The van der Waals surface area contributed by atoms with Gasteiger partial charge in [-0.3, -0.25) is 0 Å². The lowest BCUT2D eigenvalue weighted by Gasteiger charge is -2.10. The monoisotopic (exact) mass is 310 g/mol. The van der Waals surface area contributed by atoms with E-state index in [1.807, 2.05) is 0 Å². The first-order chi connectivity index (χ1) is 10.9. The van der Waals surface area contributed by atoms with Crippen LogP contribution in [0, 0.1) is 27.7 Å². The lowest BCUT2D eigenvalue weighted by Crippen LogP contribution is -1.97. The van der Waals surface area contributed by atoms with E-state index in [0.29, 0.717) is 0 Å². The van der Waals surface area contributed by atoms with Gasteiger partial charge >= 0.3 is 0 Å². The fourth-order valence-corrected chi connectivity index (χ4v) is 3.25. The molecule has 0 unspecified atom stereocenters. The molecular formula is C21H30N2. The van der Waals surface area contributed by atoms with Crippen molar-refractivity contribution < 1.29 is 0 Å². The summed E-state index contributed by atoms with van der Waals surface area (Å²) in [5.41, 5.74) is 21.5. The third-order valence-corrected chi connectivity index (χ3v) is 4.74. The van der Waals surface area contributed by atoms with Crippen LogP contribution in [0.1, 0.15) is 52.6 Å². The van der Waals surface area contributed by atoms with Crippen LogP contribution in [0.3, 0.4) is 0 Å². The van der Waals surface area contributed by atoms with Crippen LogP contribution in [0.25, 0.3) is 0 Å². The molecule has 2 nitrogen and oxygen atoms in total. The van der Waals surface area contributed by atoms with Crippen molar-refractivity contribution in [3.63, 3.8) is 0 Å². The number of rotatable bonds is 6. The number of nitrogen functional groups attached to an aromatic ring is 2. The van der Waals surface area contributed by atoms with Crippen LogP contribution < -0.4 is 11.5 Å². The summed E-state index contributed by atoms with van der Waals surface area (Å²) in [6.07, 6.45) is 6.00. The molecule has 0 fully saturated rings. The van der Waals surface area contributed by atoms with Gasteiger partial charge in [-0.1, -0.05) is 30.7 Å². The predicted molar refractivity (Wildman–Crippen MR) is 102 cm³/mol. The molecule has 2 heteroatoms. The largest absolute Gasteiger partial charge is 0.398 e. The molecule has 23 heavy (non-hydrogen) atoms. The first-order valence-electron chi connectivity index (χ1n) is 8.59. The number of hydrogen-bond acceptors (Lipinski definition) is 2. The quantitative estimate of drug-likeness (QED) is 0.580. The van der Waals surface area contributed by atoms with Gasteiger partial charge in [0.05, 0.1) is 0 Å². The first kappa shape index (κ1) is 17.4. The molecule has 0 amide bonds. The number of aryl methyl sites for hydroxylation is 6. The Morgan fingerprint density at radius 1 is 0.565 bits per heavy atom. The van der Waals surface area contributed by atoms with Crippen LogP contribution in [0.5, 0.6) is 0 Å². The van der Waals surface area contributed by atoms with Crippen LogP contribution in [0.2, 0.25) is 0 Å². The van der Waals surface area contributed by atoms with Gasteiger partial charge in [-0.2, -0.15) is 0 Å². The van der Waals surface area contributed by atoms with Crippen molar-refractivity contribution >= 4 is 11.4 Å². The summed E-state index contributed by atoms with van der Waals surface area (Å²) in [4.78, 5) is 0. The topological polar surface area (TPSA) is 52.0 Å². The predicted octanol–water partition coefficient (Wildman–Crippen LogP) is 5.04. The average Bonchev–Trinajstić information content (AvgIpc) is 2.49. The first-order valence-corrected chi connectivity index (χ1v) is 8.59. The molecule has 0 radical (unpaired) electrons. The average molecular weight is 310 g/mol. The molecule has 0 aliphatic carbocycles. The van der Waals surface area contributed by atoms with Gasteiger partial charge in [-0.05, 0) is 86.8 Å². The van der Waals surface area contributed by atoms with Gasteiger partial charge in [-0.15, -0.1) is 0 Å². The SMILES string of the molecule is Cc1cc(CCCCCc2cc(C)c(N)c(C)c2)cc(C)c1N. The van der Waals surface area contributed by atoms with Crippen molar-refractivity contribution in [2.75, 3.05) is 11.5 Å². The van der Waals surface area contributed by atoms with Crippen molar-refractivity contribution in [3.8, 4) is 0 Å². The molecule has 0 saturated heterocycles. The van der Waals surface area contributed by atoms with E-state index in [9.17, 15) is 0 Å². The Labute approximate surface area is 140 Å². The van der Waals surface area contributed by atoms with Gasteiger partial charge in [0.2, 0.25) is 0 Å². The normalized spacial score (nSPS) is 11.0. The maximum absolute atomic E-state index is 6.02. The highest BCUT2D eigenvalue weighted by molar-refractivity contribution is 5.55. The van der Waals surface area contributed by atoms with Crippen LogP contribution >= 0.6 is 0 Å². The highest BCUT2D eigenvalue weighted by Crippen LogP contribution is 2.22. The summed E-state index contributed by atoms with van der Waals surface area (Å²) in [6, 6.07) is 8.92. The fraction of sp³-hybridized carbons (Fsp3) is 0.429. The summed E-state index contributed by atoms with van der Waals surface area (Å²) in [6.45, 7) is 8.38. The van der Waals surface area contributed by atoms with E-state index in [2.05, 4.69) is 52.0 Å². The van der Waals surface area contributed by atoms with E-state index in [0.717, 1.165) is 24.2 Å². The molecule has 0 aromatic heterocycles. The summed E-state index contributed by atoms with van der Waals surface area (Å²) < 4.78 is 0. The minimum atomic E-state index is 0.933. The van der Waals surface area contributed by atoms with Crippen LogP contribution in [-0.4, -0.2) is 0 Å². The fourth-order valence-electron chi connectivity index (χ4n) is 3.25. The molecule has 2 aromatic rings. The number of nitrogens with two attached hydrogens (primary N) is 2. The van der Waals surface area contributed by atoms with Crippen LogP contribution in [0.4, 0.5) is 11.4 Å². The smallest absolute Gasteiger partial charge is 0.0373 e. The Morgan fingerprint density at radius 2 is 0.870 bits per heavy atom. The van der Waals surface area contributed by atoms with Gasteiger partial charge in [0.15, 0.2) is 0 Å². The Bertz CT molecular complexity index is 581. The minimum Gasteiger partial charge on any atom is -0.398 e. The second-order valence-corrected chi connectivity index (χ2v) is 6.85. The molecule has 0 heterocycles. The molecule has 4 N–H and O–H groups in total. The zero-order chi connectivity index (χ0) is 17.0. The lowest BCUT2D eigenvalue weighted by atomic mass is 9.98. The second-order valence-electron chi connectivity index (χ2n) is 6.85. The van der Waals surface area contributed by atoms with Gasteiger partial charge < -0.3 is 11.5 Å². The molecule has 2 aromatic carbocycles. The molecule has 0 aliphatic rings. The summed E-state index contributed by atoms with van der Waals surface area (Å²) in [7, 11) is 0. The van der Waals surface area contributed by atoms with Crippen molar-refractivity contribution in [3.05, 3.63) is 57.6 Å². The third-order valence-electron chi connectivity index (χ3n) is 4.74. The van der Waals surface area contributed by atoms with E-state index < -0.39 is 0 Å². The Kier molecular flexibility index (Phi) is 5.70. The molecule has 0 aliphatic heterocycles. The highest BCUT2D eigenvalue weighted by Gasteiger charge is 2.03. The molecule has 2 rings (SSSR count). The molecule has 124 valence electrons. The van der Waals surface area contributed by atoms with E-state index in [-0.39, 0.29) is 0 Å². The number of benzene rings is 2. The van der Waals surface area contributed by atoms with Crippen LogP contribution in [-0.2, 0) is 12.8 Å². The molecule has 0 atom stereocenters. The molecular weight excluding hydrogens is 280 g/mol. The van der Waals surface area contributed by atoms with Crippen molar-refractivity contribution in [1.82, 2.24) is 0 Å². The zero-order valence-electron chi connectivity index (χ0n) is 15.0. The minimum absolute atomic E-state index is 0.933. The maximum atomic E-state index is 6.02. The van der Waals surface area contributed by atoms with Gasteiger partial charge in [0.25, 0.3) is 0 Å². The van der Waals surface area contributed by atoms with Crippen molar-refractivity contribution in [1.29, 1.82) is 0 Å². The van der Waals surface area contributed by atoms with Gasteiger partial charge in [0, 0.05) is 11.4 Å². The molecule has 0 bridgehead atoms. The van der Waals surface area contributed by atoms with Gasteiger partial charge in [0.1, 0.15) is 0 Å². The van der Waals surface area contributed by atoms with E-state index >= 15 is 0 Å². The van der Waals surface area contributed by atoms with E-state index in [4.69, 9.17) is 11.5 Å². The van der Waals surface area contributed by atoms with Crippen molar-refractivity contribution in [2.45, 2.75) is 59.8 Å². The Balaban J connectivity index is 1.80. The highest BCUT2D eigenvalue weighted by atomic mass is 14.6. The summed E-state index contributed by atoms with van der Waals surface area (Å²) in [5, 5.41) is 0. The lowest BCUT2D eigenvalue weighted by molar-refractivity contribution is 0.678. The second kappa shape index (κ2) is 7.54. The molecule has 0 spiro atoms. The number of unbranched alkanes of at least 4 members (excludes halogenated alkanes) is 2. The molecule has 0 saturated carbocycles. The van der Waals surface area contributed by atoms with E-state index in [1.54, 1.807) is 0 Å². The zero-order valence-corrected chi connectivity index (χ0v) is 15.0. The number of anilines is 2. The van der Waals surface area contributed by atoms with Crippen molar-refractivity contribution in [2.24, 2.45) is 0 Å². The summed E-state index contributed by atoms with van der Waals surface area (Å²) >= 11 is 0. The Morgan fingerprint density at radius 3 is 1.17 bits per heavy atom. The summed E-state index contributed by atoms with van der Waals surface area (Å²) in [5.74, 6) is 0. The number of hydrogen-bond donors (Lipinski definition) is 2. The standard InChI is InChI=1S/C21H30N2/c1-14-10-18(11-15(2)20(14)22)8-6-5-7-9-19-12-16(3)21(23)17(4)13-19/h10-13H,5-9,22-23H2,1-4H3. The Hall–Kier alpha value is -1.96. The maximum Gasteiger partial charge on any atom is 0.0373 e. The van der Waals surface area contributed by atoms with Crippen LogP contribution in [0.15, 0.2) is 24.3 Å². The van der Waals surface area contributed by atoms with Gasteiger partial charge in [-0.25, -0.2) is 0 Å². The van der Waals surface area contributed by atoms with E-state index in [1.165, 1.54) is 52.6 Å².